The van der Waals surface area contributed by atoms with Crippen molar-refractivity contribution < 1.29 is 0 Å². The Kier molecular flexibility index (Phi) is 3.73. The van der Waals surface area contributed by atoms with Crippen molar-refractivity contribution in [3.05, 3.63) is 29.6 Å². The summed E-state index contributed by atoms with van der Waals surface area (Å²) >= 11 is 0. The van der Waals surface area contributed by atoms with Crippen LogP contribution in [0.15, 0.2) is 18.3 Å². The van der Waals surface area contributed by atoms with Gasteiger partial charge in [-0.25, -0.2) is 0 Å². The molecule has 0 atom stereocenters. The zero-order valence-electron chi connectivity index (χ0n) is 9.50. The van der Waals surface area contributed by atoms with Gasteiger partial charge in [-0.3, -0.25) is 4.98 Å². The van der Waals surface area contributed by atoms with Gasteiger partial charge in [0.2, 0.25) is 0 Å². The van der Waals surface area contributed by atoms with Gasteiger partial charge in [-0.15, -0.1) is 0 Å². The van der Waals surface area contributed by atoms with Gasteiger partial charge < -0.3 is 5.32 Å². The van der Waals surface area contributed by atoms with Crippen molar-refractivity contribution in [2.24, 2.45) is 0 Å². The van der Waals surface area contributed by atoms with E-state index in [0.717, 1.165) is 25.4 Å². The molecule has 0 bridgehead atoms. The zero-order valence-corrected chi connectivity index (χ0v) is 9.50. The molecule has 1 aliphatic rings. The van der Waals surface area contributed by atoms with Crippen molar-refractivity contribution >= 4 is 0 Å². The van der Waals surface area contributed by atoms with Crippen LogP contribution in [-0.2, 0) is 12.8 Å². The number of nitrogens with one attached hydrogen (secondary N) is 1. The number of aryl methyl sites for hydroxylation is 2. The third-order valence-corrected chi connectivity index (χ3v) is 2.91. The number of aromatic nitrogens is 1. The van der Waals surface area contributed by atoms with Crippen molar-refractivity contribution in [2.75, 3.05) is 6.54 Å². The number of pyridine rings is 1. The van der Waals surface area contributed by atoms with Crippen LogP contribution in [0.4, 0.5) is 0 Å². The lowest BCUT2D eigenvalue weighted by atomic mass is 10.1. The average Bonchev–Trinajstić information content (AvgIpc) is 3.09. The summed E-state index contributed by atoms with van der Waals surface area (Å²) in [6, 6.07) is 5.19. The number of hydrogen-bond acceptors (Lipinski definition) is 2. The Hall–Kier alpha value is -0.890. The van der Waals surface area contributed by atoms with E-state index in [4.69, 9.17) is 0 Å². The van der Waals surface area contributed by atoms with E-state index in [1.54, 1.807) is 0 Å². The van der Waals surface area contributed by atoms with Gasteiger partial charge in [0.1, 0.15) is 0 Å². The van der Waals surface area contributed by atoms with E-state index in [1.807, 2.05) is 6.20 Å². The average molecular weight is 204 g/mol. The van der Waals surface area contributed by atoms with Crippen LogP contribution in [0, 0.1) is 0 Å². The number of rotatable bonds is 6. The molecule has 1 saturated carbocycles. The molecule has 1 fully saturated rings. The zero-order chi connectivity index (χ0) is 10.5. The van der Waals surface area contributed by atoms with Crippen molar-refractivity contribution in [3.8, 4) is 0 Å². The van der Waals surface area contributed by atoms with E-state index in [0.29, 0.717) is 0 Å². The van der Waals surface area contributed by atoms with Crippen LogP contribution in [0.2, 0.25) is 0 Å². The van der Waals surface area contributed by atoms with Crippen molar-refractivity contribution in [1.29, 1.82) is 0 Å². The normalized spacial score (nSPS) is 15.5. The first-order valence-electron chi connectivity index (χ1n) is 6.05. The molecule has 0 aliphatic heterocycles. The quantitative estimate of drug-likeness (QED) is 0.719. The van der Waals surface area contributed by atoms with Crippen LogP contribution in [0.25, 0.3) is 0 Å². The minimum absolute atomic E-state index is 0.834. The molecule has 0 saturated heterocycles. The first kappa shape index (κ1) is 10.6. The Morgan fingerprint density at radius 2 is 2.27 bits per heavy atom. The molecule has 82 valence electrons. The van der Waals surface area contributed by atoms with Gasteiger partial charge in [0.15, 0.2) is 0 Å². The molecule has 1 aromatic heterocycles. The van der Waals surface area contributed by atoms with Gasteiger partial charge in [-0.1, -0.05) is 13.0 Å². The summed E-state index contributed by atoms with van der Waals surface area (Å²) in [7, 11) is 0. The first-order valence-corrected chi connectivity index (χ1v) is 6.05. The number of hydrogen-bond donors (Lipinski definition) is 1. The van der Waals surface area contributed by atoms with E-state index in [1.165, 1.54) is 30.5 Å². The molecule has 1 aromatic rings. The molecule has 0 aromatic carbocycles. The van der Waals surface area contributed by atoms with Crippen LogP contribution >= 0.6 is 0 Å². The van der Waals surface area contributed by atoms with E-state index < -0.39 is 0 Å². The van der Waals surface area contributed by atoms with E-state index in [-0.39, 0.29) is 0 Å². The molecule has 1 heterocycles. The van der Waals surface area contributed by atoms with E-state index in [9.17, 15) is 0 Å². The maximum absolute atomic E-state index is 4.45. The van der Waals surface area contributed by atoms with Crippen LogP contribution in [0.5, 0.6) is 0 Å². The Morgan fingerprint density at radius 3 is 2.87 bits per heavy atom. The molecule has 15 heavy (non-hydrogen) atoms. The second-order valence-corrected chi connectivity index (χ2v) is 4.34. The molecule has 0 radical (unpaired) electrons. The van der Waals surface area contributed by atoms with Crippen LogP contribution in [-0.4, -0.2) is 17.6 Å². The summed E-state index contributed by atoms with van der Waals surface area (Å²) in [4.78, 5) is 4.45. The minimum Gasteiger partial charge on any atom is -0.314 e. The molecule has 2 nitrogen and oxygen atoms in total. The lowest BCUT2D eigenvalue weighted by Crippen LogP contribution is -2.17. The summed E-state index contributed by atoms with van der Waals surface area (Å²) in [6.45, 7) is 3.30. The Bertz CT molecular complexity index is 288. The highest BCUT2D eigenvalue weighted by atomic mass is 14.9. The van der Waals surface area contributed by atoms with E-state index in [2.05, 4.69) is 29.4 Å². The largest absolute Gasteiger partial charge is 0.314 e. The van der Waals surface area contributed by atoms with Gasteiger partial charge in [-0.05, 0) is 50.3 Å². The molecule has 0 amide bonds. The summed E-state index contributed by atoms with van der Waals surface area (Å²) < 4.78 is 0. The fourth-order valence-corrected chi connectivity index (χ4v) is 1.68. The second kappa shape index (κ2) is 5.26. The second-order valence-electron chi connectivity index (χ2n) is 4.34. The van der Waals surface area contributed by atoms with Crippen LogP contribution < -0.4 is 5.32 Å². The van der Waals surface area contributed by atoms with Crippen molar-refractivity contribution in [2.45, 2.75) is 45.1 Å². The van der Waals surface area contributed by atoms with E-state index >= 15 is 0 Å². The lowest BCUT2D eigenvalue weighted by molar-refractivity contribution is 0.641. The topological polar surface area (TPSA) is 24.9 Å². The molecular formula is C13H20N2. The highest BCUT2D eigenvalue weighted by Crippen LogP contribution is 2.18. The van der Waals surface area contributed by atoms with Gasteiger partial charge >= 0.3 is 0 Å². The molecule has 1 aliphatic carbocycles. The Morgan fingerprint density at radius 1 is 1.40 bits per heavy atom. The summed E-state index contributed by atoms with van der Waals surface area (Å²) in [6.07, 6.45) is 8.14. The first-order chi connectivity index (χ1) is 7.38. The fraction of sp³-hybridized carbons (Fsp3) is 0.615. The van der Waals surface area contributed by atoms with Crippen LogP contribution in [0.1, 0.15) is 37.4 Å². The summed E-state index contributed by atoms with van der Waals surface area (Å²) in [5, 5.41) is 3.52. The molecule has 2 heteroatoms. The van der Waals surface area contributed by atoms with Crippen molar-refractivity contribution in [3.63, 3.8) is 0 Å². The predicted molar refractivity (Wildman–Crippen MR) is 63.0 cm³/mol. The fourth-order valence-electron chi connectivity index (χ4n) is 1.68. The van der Waals surface area contributed by atoms with Gasteiger partial charge in [0.05, 0.1) is 0 Å². The van der Waals surface area contributed by atoms with Gasteiger partial charge in [0.25, 0.3) is 0 Å². The maximum atomic E-state index is 4.45. The van der Waals surface area contributed by atoms with Crippen LogP contribution in [0.3, 0.4) is 0 Å². The third kappa shape index (κ3) is 3.63. The minimum atomic E-state index is 0.834. The Balaban J connectivity index is 1.67. The lowest BCUT2D eigenvalue weighted by Gasteiger charge is -2.03. The maximum Gasteiger partial charge on any atom is 0.0404 e. The highest BCUT2D eigenvalue weighted by molar-refractivity contribution is 5.13. The van der Waals surface area contributed by atoms with Gasteiger partial charge in [0, 0.05) is 17.9 Å². The standard InChI is InChI=1S/C13H20N2/c1-2-11-5-6-12(15-10-11)4-3-9-14-13-7-8-13/h5-6,10,13-14H,2-4,7-9H2,1H3. The molecule has 0 spiro atoms. The molecule has 1 N–H and O–H groups in total. The monoisotopic (exact) mass is 204 g/mol. The summed E-state index contributed by atoms with van der Waals surface area (Å²) in [5.41, 5.74) is 2.56. The third-order valence-electron chi connectivity index (χ3n) is 2.91. The molecule has 2 rings (SSSR count). The molecular weight excluding hydrogens is 184 g/mol. The Labute approximate surface area is 92.1 Å². The van der Waals surface area contributed by atoms with Crippen molar-refractivity contribution in [1.82, 2.24) is 10.3 Å². The molecule has 0 unspecified atom stereocenters. The SMILES string of the molecule is CCc1ccc(CCCNC2CC2)nc1. The predicted octanol–water partition coefficient (Wildman–Crippen LogP) is 2.33. The highest BCUT2D eigenvalue weighted by Gasteiger charge is 2.19. The number of nitrogens with zero attached hydrogens (tertiary/aromatic N) is 1. The van der Waals surface area contributed by atoms with Gasteiger partial charge in [-0.2, -0.15) is 0 Å². The summed E-state index contributed by atoms with van der Waals surface area (Å²) in [5.74, 6) is 0. The smallest absolute Gasteiger partial charge is 0.0404 e.